The highest BCUT2D eigenvalue weighted by Crippen LogP contribution is 2.22. The van der Waals surface area contributed by atoms with Gasteiger partial charge in [0.2, 0.25) is 0 Å². The molecule has 2 aromatic rings. The number of hydrogen-bond acceptors (Lipinski definition) is 5. The van der Waals surface area contributed by atoms with E-state index in [1.165, 1.54) is 6.20 Å². The Morgan fingerprint density at radius 3 is 2.22 bits per heavy atom. The molecular formula is C16H19N3O3S. The van der Waals surface area contributed by atoms with Gasteiger partial charge in [-0.2, -0.15) is 0 Å². The highest BCUT2D eigenvalue weighted by atomic mass is 32.2. The van der Waals surface area contributed by atoms with E-state index in [1.807, 2.05) is 6.92 Å². The largest absolute Gasteiger partial charge is 0.334 e. The summed E-state index contributed by atoms with van der Waals surface area (Å²) in [6.45, 7) is 3.67. The van der Waals surface area contributed by atoms with Crippen LogP contribution in [-0.2, 0) is 9.84 Å². The summed E-state index contributed by atoms with van der Waals surface area (Å²) in [6, 6.07) is 6.30. The first-order chi connectivity index (χ1) is 10.7. The van der Waals surface area contributed by atoms with Gasteiger partial charge in [-0.25, -0.2) is 13.4 Å². The number of carbonyl (C=O) groups is 1. The van der Waals surface area contributed by atoms with Gasteiger partial charge in [0.1, 0.15) is 5.69 Å². The molecule has 0 fully saturated rings. The molecule has 0 aliphatic carbocycles. The van der Waals surface area contributed by atoms with Crippen LogP contribution in [0.15, 0.2) is 41.6 Å². The maximum absolute atomic E-state index is 12.4. The Labute approximate surface area is 136 Å². The third-order valence-corrected chi connectivity index (χ3v) is 4.82. The molecule has 0 spiro atoms. The molecule has 0 saturated heterocycles. The van der Waals surface area contributed by atoms with E-state index in [9.17, 15) is 13.2 Å². The van der Waals surface area contributed by atoms with Gasteiger partial charge in [0.25, 0.3) is 5.91 Å². The molecule has 1 unspecified atom stereocenters. The second kappa shape index (κ2) is 6.45. The third-order valence-electron chi connectivity index (χ3n) is 3.69. The third kappa shape index (κ3) is 3.92. The lowest BCUT2D eigenvalue weighted by molar-refractivity contribution is 0.0736. The number of aromatic nitrogens is 2. The Hall–Kier alpha value is -2.28. The Morgan fingerprint density at radius 2 is 1.74 bits per heavy atom. The zero-order valence-corrected chi connectivity index (χ0v) is 14.3. The number of nitrogens with zero attached hydrogens (tertiary/aromatic N) is 3. The summed E-state index contributed by atoms with van der Waals surface area (Å²) in [4.78, 5) is 22.4. The summed E-state index contributed by atoms with van der Waals surface area (Å²) in [5, 5.41) is 0. The molecule has 0 N–H and O–H groups in total. The fourth-order valence-electron chi connectivity index (χ4n) is 2.08. The number of aryl methyl sites for hydroxylation is 1. The summed E-state index contributed by atoms with van der Waals surface area (Å²) < 4.78 is 23.0. The molecule has 23 heavy (non-hydrogen) atoms. The lowest BCUT2D eigenvalue weighted by atomic mass is 10.1. The highest BCUT2D eigenvalue weighted by Gasteiger charge is 2.20. The smallest absolute Gasteiger partial charge is 0.274 e. The average molecular weight is 333 g/mol. The molecule has 0 aliphatic rings. The summed E-state index contributed by atoms with van der Waals surface area (Å²) in [5.41, 5.74) is 1.86. The molecule has 1 aromatic heterocycles. The molecule has 0 aliphatic heterocycles. The average Bonchev–Trinajstić information content (AvgIpc) is 2.53. The zero-order valence-electron chi connectivity index (χ0n) is 13.5. The second-order valence-corrected chi connectivity index (χ2v) is 7.49. The van der Waals surface area contributed by atoms with Crippen molar-refractivity contribution >= 4 is 15.7 Å². The minimum atomic E-state index is -3.23. The molecule has 1 aromatic carbocycles. The summed E-state index contributed by atoms with van der Waals surface area (Å²) >= 11 is 0. The fourth-order valence-corrected chi connectivity index (χ4v) is 2.71. The van der Waals surface area contributed by atoms with Crippen molar-refractivity contribution in [3.63, 3.8) is 0 Å². The Morgan fingerprint density at radius 1 is 1.13 bits per heavy atom. The molecule has 2 rings (SSSR count). The maximum Gasteiger partial charge on any atom is 0.274 e. The van der Waals surface area contributed by atoms with E-state index in [1.54, 1.807) is 49.3 Å². The van der Waals surface area contributed by atoms with E-state index in [2.05, 4.69) is 9.97 Å². The van der Waals surface area contributed by atoms with Crippen molar-refractivity contribution in [3.8, 4) is 0 Å². The number of benzene rings is 1. The highest BCUT2D eigenvalue weighted by molar-refractivity contribution is 7.90. The first kappa shape index (κ1) is 17.1. The van der Waals surface area contributed by atoms with E-state index in [4.69, 9.17) is 0 Å². The van der Waals surface area contributed by atoms with Gasteiger partial charge in [0.15, 0.2) is 9.84 Å². The zero-order chi connectivity index (χ0) is 17.2. The molecule has 122 valence electrons. The van der Waals surface area contributed by atoms with Gasteiger partial charge in [-0.1, -0.05) is 12.1 Å². The first-order valence-corrected chi connectivity index (χ1v) is 8.95. The van der Waals surface area contributed by atoms with Crippen molar-refractivity contribution in [1.29, 1.82) is 0 Å². The van der Waals surface area contributed by atoms with Gasteiger partial charge in [-0.3, -0.25) is 9.78 Å². The van der Waals surface area contributed by atoms with Gasteiger partial charge in [-0.15, -0.1) is 0 Å². The first-order valence-electron chi connectivity index (χ1n) is 7.06. The number of carbonyl (C=O) groups excluding carboxylic acids is 1. The van der Waals surface area contributed by atoms with Gasteiger partial charge in [0.05, 0.1) is 22.8 Å². The molecule has 7 heteroatoms. The minimum absolute atomic E-state index is 0.223. The molecule has 0 radical (unpaired) electrons. The molecule has 1 amide bonds. The summed E-state index contributed by atoms with van der Waals surface area (Å²) in [6.07, 6.45) is 4.16. The van der Waals surface area contributed by atoms with E-state index >= 15 is 0 Å². The van der Waals surface area contributed by atoms with Crippen LogP contribution in [0.1, 0.15) is 34.7 Å². The van der Waals surface area contributed by atoms with Crippen molar-refractivity contribution in [3.05, 3.63) is 53.6 Å². The number of amides is 1. The van der Waals surface area contributed by atoms with Crippen molar-refractivity contribution < 1.29 is 13.2 Å². The van der Waals surface area contributed by atoms with Gasteiger partial charge in [0, 0.05) is 19.5 Å². The van der Waals surface area contributed by atoms with E-state index in [0.717, 1.165) is 17.5 Å². The van der Waals surface area contributed by atoms with E-state index in [-0.39, 0.29) is 22.5 Å². The van der Waals surface area contributed by atoms with Crippen LogP contribution in [-0.4, -0.2) is 42.5 Å². The van der Waals surface area contributed by atoms with Crippen LogP contribution >= 0.6 is 0 Å². The van der Waals surface area contributed by atoms with Crippen LogP contribution < -0.4 is 0 Å². The molecule has 6 nitrogen and oxygen atoms in total. The SMILES string of the molecule is Cc1cnc(C(=O)N(C)C(C)c2ccc(S(C)(=O)=O)cc2)cn1. The van der Waals surface area contributed by atoms with E-state index in [0.29, 0.717) is 0 Å². The maximum atomic E-state index is 12.4. The Bertz CT molecular complexity index is 799. The Balaban J connectivity index is 2.20. The van der Waals surface area contributed by atoms with Crippen LogP contribution in [0.5, 0.6) is 0 Å². The standard InChI is InChI=1S/C16H19N3O3S/c1-11-9-18-15(10-17-11)16(20)19(3)12(2)13-5-7-14(8-6-13)23(4,21)22/h5-10,12H,1-4H3. The van der Waals surface area contributed by atoms with Gasteiger partial charge in [-0.05, 0) is 31.5 Å². The predicted molar refractivity (Wildman–Crippen MR) is 86.8 cm³/mol. The van der Waals surface area contributed by atoms with Gasteiger partial charge < -0.3 is 4.90 Å². The van der Waals surface area contributed by atoms with Crippen LogP contribution in [0.25, 0.3) is 0 Å². The molecule has 0 saturated carbocycles. The Kier molecular flexibility index (Phi) is 4.79. The second-order valence-electron chi connectivity index (χ2n) is 5.48. The predicted octanol–water partition coefficient (Wildman–Crippen LogP) is 2.02. The van der Waals surface area contributed by atoms with Crippen LogP contribution in [0.3, 0.4) is 0 Å². The van der Waals surface area contributed by atoms with Crippen LogP contribution in [0, 0.1) is 6.92 Å². The summed E-state index contributed by atoms with van der Waals surface area (Å²) in [5.74, 6) is -0.239. The van der Waals surface area contributed by atoms with E-state index < -0.39 is 9.84 Å². The summed E-state index contributed by atoms with van der Waals surface area (Å²) in [7, 11) is -1.55. The van der Waals surface area contributed by atoms with Crippen LogP contribution in [0.4, 0.5) is 0 Å². The van der Waals surface area contributed by atoms with Crippen molar-refractivity contribution in [2.24, 2.45) is 0 Å². The normalized spacial score (nSPS) is 12.7. The quantitative estimate of drug-likeness (QED) is 0.855. The molecule has 0 bridgehead atoms. The van der Waals surface area contributed by atoms with Gasteiger partial charge >= 0.3 is 0 Å². The van der Waals surface area contributed by atoms with Crippen molar-refractivity contribution in [2.45, 2.75) is 24.8 Å². The number of rotatable bonds is 4. The van der Waals surface area contributed by atoms with Crippen molar-refractivity contribution in [1.82, 2.24) is 14.9 Å². The van der Waals surface area contributed by atoms with Crippen molar-refractivity contribution in [2.75, 3.05) is 13.3 Å². The minimum Gasteiger partial charge on any atom is -0.334 e. The number of hydrogen-bond donors (Lipinski definition) is 0. The fraction of sp³-hybridized carbons (Fsp3) is 0.312. The lowest BCUT2D eigenvalue weighted by Crippen LogP contribution is -2.30. The topological polar surface area (TPSA) is 80.2 Å². The molecule has 1 atom stereocenters. The lowest BCUT2D eigenvalue weighted by Gasteiger charge is -2.25. The monoisotopic (exact) mass is 333 g/mol. The number of sulfone groups is 1. The molecule has 1 heterocycles. The van der Waals surface area contributed by atoms with Crippen LogP contribution in [0.2, 0.25) is 0 Å². The molecular weight excluding hydrogens is 314 g/mol.